The average molecular weight is 138 g/mol. The van der Waals surface area contributed by atoms with E-state index in [2.05, 4.69) is 11.8 Å². The van der Waals surface area contributed by atoms with Crippen LogP contribution in [0.4, 0.5) is 0 Å². The normalized spacial score (nSPS) is 20.6. The molecule has 1 N–H and O–H groups in total. The first-order valence-electron chi connectivity index (χ1n) is 3.92. The molecule has 1 saturated carbocycles. The van der Waals surface area contributed by atoms with Crippen molar-refractivity contribution in [1.82, 2.24) is 0 Å². The number of hydrogen-bond acceptors (Lipinski definition) is 1. The van der Waals surface area contributed by atoms with Crippen molar-refractivity contribution < 1.29 is 5.11 Å². The van der Waals surface area contributed by atoms with E-state index in [0.29, 0.717) is 12.3 Å². The van der Waals surface area contributed by atoms with Crippen LogP contribution in [0.15, 0.2) is 0 Å². The van der Waals surface area contributed by atoms with Gasteiger partial charge in [0.25, 0.3) is 0 Å². The summed E-state index contributed by atoms with van der Waals surface area (Å²) >= 11 is 0. The minimum absolute atomic E-state index is 0.152. The van der Waals surface area contributed by atoms with Gasteiger partial charge in [0.05, 0.1) is 6.10 Å². The summed E-state index contributed by atoms with van der Waals surface area (Å²) in [6.07, 6.45) is 4.21. The molecule has 1 rings (SSSR count). The molecule has 0 bridgehead atoms. The summed E-state index contributed by atoms with van der Waals surface area (Å²) in [5.41, 5.74) is 0. The molecule has 56 valence electrons. The highest BCUT2D eigenvalue weighted by molar-refractivity contribution is 4.98. The van der Waals surface area contributed by atoms with Crippen molar-refractivity contribution in [2.45, 2.75) is 38.7 Å². The quantitative estimate of drug-likeness (QED) is 0.574. The largest absolute Gasteiger partial charge is 0.392 e. The fourth-order valence-electron chi connectivity index (χ4n) is 1.20. The third-order valence-electron chi connectivity index (χ3n) is 2.18. The molecule has 1 atom stereocenters. The van der Waals surface area contributed by atoms with Crippen LogP contribution in [0.3, 0.4) is 0 Å². The summed E-state index contributed by atoms with van der Waals surface area (Å²) in [4.78, 5) is 0. The monoisotopic (exact) mass is 138 g/mol. The number of aliphatic hydroxyl groups excluding tert-OH is 1. The summed E-state index contributed by atoms with van der Waals surface area (Å²) in [7, 11) is 0. The van der Waals surface area contributed by atoms with Gasteiger partial charge in [-0.3, -0.25) is 0 Å². The molecule has 0 saturated heterocycles. The summed E-state index contributed by atoms with van der Waals surface area (Å²) < 4.78 is 0. The van der Waals surface area contributed by atoms with Crippen LogP contribution >= 0.6 is 0 Å². The molecule has 0 aromatic carbocycles. The Morgan fingerprint density at radius 3 is 2.70 bits per heavy atom. The van der Waals surface area contributed by atoms with Gasteiger partial charge < -0.3 is 5.11 Å². The Balaban J connectivity index is 2.17. The SMILES string of the molecule is CC#CCC(O)C1CCC1. The molecule has 1 aliphatic carbocycles. The molecule has 0 aliphatic heterocycles. The van der Waals surface area contributed by atoms with E-state index in [0.717, 1.165) is 0 Å². The molecular weight excluding hydrogens is 124 g/mol. The lowest BCUT2D eigenvalue weighted by Gasteiger charge is -2.29. The molecule has 1 aliphatic rings. The molecule has 0 aromatic heterocycles. The van der Waals surface area contributed by atoms with Gasteiger partial charge >= 0.3 is 0 Å². The van der Waals surface area contributed by atoms with E-state index in [1.807, 2.05) is 6.92 Å². The highest BCUT2D eigenvalue weighted by Crippen LogP contribution is 2.30. The summed E-state index contributed by atoms with van der Waals surface area (Å²) in [6, 6.07) is 0. The zero-order chi connectivity index (χ0) is 7.40. The van der Waals surface area contributed by atoms with E-state index in [9.17, 15) is 5.11 Å². The van der Waals surface area contributed by atoms with Crippen molar-refractivity contribution in [3.63, 3.8) is 0 Å². The van der Waals surface area contributed by atoms with Crippen molar-refractivity contribution in [2.75, 3.05) is 0 Å². The molecular formula is C9H14O. The number of hydrogen-bond donors (Lipinski definition) is 1. The predicted octanol–water partition coefficient (Wildman–Crippen LogP) is 1.56. The van der Waals surface area contributed by atoms with Gasteiger partial charge in [-0.05, 0) is 25.7 Å². The van der Waals surface area contributed by atoms with Crippen LogP contribution in [0.5, 0.6) is 0 Å². The van der Waals surface area contributed by atoms with E-state index < -0.39 is 0 Å². The van der Waals surface area contributed by atoms with Crippen LogP contribution in [0.2, 0.25) is 0 Å². The Morgan fingerprint density at radius 2 is 2.30 bits per heavy atom. The molecule has 1 fully saturated rings. The van der Waals surface area contributed by atoms with Crippen molar-refractivity contribution in [3.05, 3.63) is 0 Å². The van der Waals surface area contributed by atoms with Crippen molar-refractivity contribution >= 4 is 0 Å². The Labute approximate surface area is 62.4 Å². The van der Waals surface area contributed by atoms with Gasteiger partial charge in [-0.1, -0.05) is 6.42 Å². The van der Waals surface area contributed by atoms with Gasteiger partial charge in [0.15, 0.2) is 0 Å². The smallest absolute Gasteiger partial charge is 0.0677 e. The van der Waals surface area contributed by atoms with Crippen molar-refractivity contribution in [2.24, 2.45) is 5.92 Å². The van der Waals surface area contributed by atoms with E-state index in [-0.39, 0.29) is 6.10 Å². The second kappa shape index (κ2) is 3.63. The van der Waals surface area contributed by atoms with Crippen molar-refractivity contribution in [1.29, 1.82) is 0 Å². The van der Waals surface area contributed by atoms with Gasteiger partial charge in [-0.15, -0.1) is 11.8 Å². The topological polar surface area (TPSA) is 20.2 Å². The molecule has 1 nitrogen and oxygen atoms in total. The minimum Gasteiger partial charge on any atom is -0.392 e. The van der Waals surface area contributed by atoms with Crippen LogP contribution in [0.25, 0.3) is 0 Å². The molecule has 0 radical (unpaired) electrons. The van der Waals surface area contributed by atoms with Crippen LogP contribution in [-0.4, -0.2) is 11.2 Å². The minimum atomic E-state index is -0.152. The maximum Gasteiger partial charge on any atom is 0.0677 e. The Bertz CT molecular complexity index is 148. The summed E-state index contributed by atoms with van der Waals surface area (Å²) in [5, 5.41) is 9.40. The fourth-order valence-corrected chi connectivity index (χ4v) is 1.20. The lowest BCUT2D eigenvalue weighted by atomic mass is 9.80. The highest BCUT2D eigenvalue weighted by Gasteiger charge is 2.24. The molecule has 1 heteroatoms. The van der Waals surface area contributed by atoms with E-state index in [4.69, 9.17) is 0 Å². The fraction of sp³-hybridized carbons (Fsp3) is 0.778. The zero-order valence-corrected chi connectivity index (χ0v) is 6.43. The van der Waals surface area contributed by atoms with Gasteiger partial charge in [-0.2, -0.15) is 0 Å². The first-order chi connectivity index (χ1) is 4.84. The third-order valence-corrected chi connectivity index (χ3v) is 2.18. The molecule has 0 amide bonds. The van der Waals surface area contributed by atoms with Gasteiger partial charge in [0.2, 0.25) is 0 Å². The predicted molar refractivity (Wildman–Crippen MR) is 41.4 cm³/mol. The summed E-state index contributed by atoms with van der Waals surface area (Å²) in [5.74, 6) is 6.25. The lowest BCUT2D eigenvalue weighted by Crippen LogP contribution is -2.25. The number of rotatable bonds is 2. The van der Waals surface area contributed by atoms with Crippen LogP contribution < -0.4 is 0 Å². The third kappa shape index (κ3) is 1.75. The molecule has 10 heavy (non-hydrogen) atoms. The second-order valence-corrected chi connectivity index (χ2v) is 2.89. The molecule has 1 unspecified atom stereocenters. The highest BCUT2D eigenvalue weighted by atomic mass is 16.3. The second-order valence-electron chi connectivity index (χ2n) is 2.89. The van der Waals surface area contributed by atoms with Crippen molar-refractivity contribution in [3.8, 4) is 11.8 Å². The molecule has 0 spiro atoms. The first kappa shape index (κ1) is 7.63. The van der Waals surface area contributed by atoms with E-state index in [1.165, 1.54) is 19.3 Å². The van der Waals surface area contributed by atoms with Gasteiger partial charge in [0.1, 0.15) is 0 Å². The standard InChI is InChI=1S/C9H14O/c1-2-3-7-9(10)8-5-4-6-8/h8-10H,4-7H2,1H3. The van der Waals surface area contributed by atoms with Crippen LogP contribution in [0.1, 0.15) is 32.6 Å². The van der Waals surface area contributed by atoms with E-state index in [1.54, 1.807) is 0 Å². The molecule has 0 aromatic rings. The van der Waals surface area contributed by atoms with Crippen LogP contribution in [-0.2, 0) is 0 Å². The Morgan fingerprint density at radius 1 is 1.60 bits per heavy atom. The first-order valence-corrected chi connectivity index (χ1v) is 3.92. The van der Waals surface area contributed by atoms with Crippen LogP contribution in [0, 0.1) is 17.8 Å². The lowest BCUT2D eigenvalue weighted by molar-refractivity contribution is 0.0668. The molecule has 0 heterocycles. The van der Waals surface area contributed by atoms with Gasteiger partial charge in [-0.25, -0.2) is 0 Å². The Kier molecular flexibility index (Phi) is 2.77. The zero-order valence-electron chi connectivity index (χ0n) is 6.43. The maximum atomic E-state index is 9.40. The average Bonchev–Trinajstić information content (AvgIpc) is 1.79. The van der Waals surface area contributed by atoms with Gasteiger partial charge in [0, 0.05) is 6.42 Å². The maximum absolute atomic E-state index is 9.40. The Hall–Kier alpha value is -0.480. The summed E-state index contributed by atoms with van der Waals surface area (Å²) in [6.45, 7) is 1.81. The number of aliphatic hydroxyl groups is 1. The van der Waals surface area contributed by atoms with E-state index >= 15 is 0 Å².